The molecule has 1 heterocycles. The maximum Gasteiger partial charge on any atom is 0.343 e. The number of carbonyl (C=O) groups is 2. The summed E-state index contributed by atoms with van der Waals surface area (Å²) >= 11 is 0. The van der Waals surface area contributed by atoms with E-state index in [0.29, 0.717) is 18.4 Å². The van der Waals surface area contributed by atoms with Crippen LogP contribution in [-0.4, -0.2) is 37.8 Å². The van der Waals surface area contributed by atoms with E-state index in [1.807, 2.05) is 6.07 Å². The summed E-state index contributed by atoms with van der Waals surface area (Å²) in [4.78, 5) is 24.7. The van der Waals surface area contributed by atoms with Crippen LogP contribution in [-0.2, 0) is 10.0 Å². The van der Waals surface area contributed by atoms with Crippen molar-refractivity contribution in [3.05, 3.63) is 53.1 Å². The zero-order valence-electron chi connectivity index (χ0n) is 14.7. The van der Waals surface area contributed by atoms with Crippen molar-refractivity contribution in [3.63, 3.8) is 0 Å². The molecule has 9 heteroatoms. The molecule has 0 aromatic heterocycles. The van der Waals surface area contributed by atoms with Gasteiger partial charge in [0.15, 0.2) is 11.5 Å². The normalized spacial score (nSPS) is 17.0. The minimum Gasteiger partial charge on any atom is -0.493 e. The molecule has 1 fully saturated rings. The van der Waals surface area contributed by atoms with Crippen molar-refractivity contribution >= 4 is 21.9 Å². The van der Waals surface area contributed by atoms with Gasteiger partial charge in [-0.3, -0.25) is 4.79 Å². The fourth-order valence-corrected chi connectivity index (χ4v) is 4.87. The molecule has 0 spiro atoms. The Bertz CT molecular complexity index is 1160. The number of esters is 1. The van der Waals surface area contributed by atoms with Gasteiger partial charge in [-0.05, 0) is 43.2 Å². The summed E-state index contributed by atoms with van der Waals surface area (Å²) in [6.07, 6.45) is 1.29. The van der Waals surface area contributed by atoms with Crippen LogP contribution in [0.5, 0.6) is 11.5 Å². The Morgan fingerprint density at radius 3 is 2.57 bits per heavy atom. The van der Waals surface area contributed by atoms with Crippen LogP contribution in [0.3, 0.4) is 0 Å². The highest BCUT2D eigenvalue weighted by molar-refractivity contribution is 7.90. The lowest BCUT2D eigenvalue weighted by Gasteiger charge is -2.13. The van der Waals surface area contributed by atoms with E-state index >= 15 is 0 Å². The van der Waals surface area contributed by atoms with Crippen LogP contribution in [0.1, 0.15) is 39.1 Å². The van der Waals surface area contributed by atoms with Crippen LogP contribution >= 0.6 is 0 Å². The molecule has 142 valence electrons. The van der Waals surface area contributed by atoms with Gasteiger partial charge in [-0.1, -0.05) is 0 Å². The van der Waals surface area contributed by atoms with Gasteiger partial charge in [0.1, 0.15) is 4.90 Å². The van der Waals surface area contributed by atoms with E-state index in [1.165, 1.54) is 37.4 Å². The molecule has 1 aliphatic carbocycles. The number of hydrogen-bond acceptors (Lipinski definition) is 7. The van der Waals surface area contributed by atoms with Crippen molar-refractivity contribution < 1.29 is 27.5 Å². The molecular weight excluding hydrogens is 384 g/mol. The molecule has 1 saturated carbocycles. The summed E-state index contributed by atoms with van der Waals surface area (Å²) in [5.41, 5.74) is 0.373. The minimum absolute atomic E-state index is 0.0146. The number of methoxy groups -OCH3 is 1. The van der Waals surface area contributed by atoms with Gasteiger partial charge in [0.2, 0.25) is 0 Å². The third kappa shape index (κ3) is 2.78. The second-order valence-electron chi connectivity index (χ2n) is 6.42. The molecule has 28 heavy (non-hydrogen) atoms. The minimum atomic E-state index is -3.97. The SMILES string of the molecule is COc1cc(C#N)ccc1OC(=O)c1ccc2c(c1)S(=O)(=O)N(C1CC1)C2=O. The molecular formula is C19H14N2O6S. The van der Waals surface area contributed by atoms with E-state index in [4.69, 9.17) is 14.7 Å². The van der Waals surface area contributed by atoms with E-state index in [9.17, 15) is 18.0 Å². The summed E-state index contributed by atoms with van der Waals surface area (Å²) in [5, 5.41) is 8.93. The van der Waals surface area contributed by atoms with Crippen molar-refractivity contribution in [2.75, 3.05) is 7.11 Å². The summed E-state index contributed by atoms with van der Waals surface area (Å²) in [7, 11) is -2.60. The molecule has 0 N–H and O–H groups in total. The van der Waals surface area contributed by atoms with Crippen molar-refractivity contribution in [2.24, 2.45) is 0 Å². The van der Waals surface area contributed by atoms with Gasteiger partial charge >= 0.3 is 5.97 Å². The molecule has 2 aliphatic rings. The molecule has 1 aliphatic heterocycles. The number of ether oxygens (including phenoxy) is 2. The number of nitrogens with zero attached hydrogens (tertiary/aromatic N) is 2. The topological polar surface area (TPSA) is 114 Å². The molecule has 8 nitrogen and oxygen atoms in total. The quantitative estimate of drug-likeness (QED) is 0.572. The second-order valence-corrected chi connectivity index (χ2v) is 8.20. The number of hydrogen-bond donors (Lipinski definition) is 0. The van der Waals surface area contributed by atoms with Crippen molar-refractivity contribution in [2.45, 2.75) is 23.8 Å². The Hall–Kier alpha value is -3.38. The van der Waals surface area contributed by atoms with Gasteiger partial charge in [-0.2, -0.15) is 5.26 Å². The molecule has 0 radical (unpaired) electrons. The Labute approximate surface area is 160 Å². The average Bonchev–Trinajstić information content (AvgIpc) is 3.49. The molecule has 2 aromatic rings. The lowest BCUT2D eigenvalue weighted by Crippen LogP contribution is -2.31. The summed E-state index contributed by atoms with van der Waals surface area (Å²) < 4.78 is 36.7. The number of amides is 1. The predicted molar refractivity (Wildman–Crippen MR) is 95.5 cm³/mol. The number of sulfonamides is 1. The summed E-state index contributed by atoms with van der Waals surface area (Å²) in [5.74, 6) is -1.09. The Morgan fingerprint density at radius 1 is 1.18 bits per heavy atom. The molecule has 0 bridgehead atoms. The van der Waals surface area contributed by atoms with Crippen LogP contribution in [0.4, 0.5) is 0 Å². The number of rotatable bonds is 4. The van der Waals surface area contributed by atoms with E-state index < -0.39 is 21.9 Å². The van der Waals surface area contributed by atoms with Gasteiger partial charge in [0.25, 0.3) is 15.9 Å². The molecule has 1 amide bonds. The molecule has 0 saturated heterocycles. The number of benzene rings is 2. The summed E-state index contributed by atoms with van der Waals surface area (Å²) in [6, 6.07) is 9.77. The van der Waals surface area contributed by atoms with E-state index in [0.717, 1.165) is 10.4 Å². The second kappa shape index (κ2) is 6.35. The van der Waals surface area contributed by atoms with Crippen molar-refractivity contribution in [1.29, 1.82) is 5.26 Å². The van der Waals surface area contributed by atoms with Crippen LogP contribution in [0.25, 0.3) is 0 Å². The first-order chi connectivity index (χ1) is 13.4. The van der Waals surface area contributed by atoms with Crippen molar-refractivity contribution in [3.8, 4) is 17.6 Å². The largest absolute Gasteiger partial charge is 0.493 e. The van der Waals surface area contributed by atoms with Crippen LogP contribution in [0.2, 0.25) is 0 Å². The highest BCUT2D eigenvalue weighted by Crippen LogP contribution is 2.40. The van der Waals surface area contributed by atoms with Crippen LogP contribution in [0, 0.1) is 11.3 Å². The summed E-state index contributed by atoms with van der Waals surface area (Å²) in [6.45, 7) is 0. The smallest absolute Gasteiger partial charge is 0.343 e. The van der Waals surface area contributed by atoms with Crippen molar-refractivity contribution in [1.82, 2.24) is 4.31 Å². The van der Waals surface area contributed by atoms with Gasteiger partial charge < -0.3 is 9.47 Å². The van der Waals surface area contributed by atoms with E-state index in [1.54, 1.807) is 0 Å². The first-order valence-corrected chi connectivity index (χ1v) is 9.84. The lowest BCUT2D eigenvalue weighted by molar-refractivity contribution is 0.0728. The number of fused-ring (bicyclic) bond motifs is 1. The number of carbonyl (C=O) groups excluding carboxylic acids is 2. The van der Waals surface area contributed by atoms with Gasteiger partial charge in [-0.25, -0.2) is 17.5 Å². The Kier molecular flexibility index (Phi) is 4.08. The lowest BCUT2D eigenvalue weighted by atomic mass is 10.1. The predicted octanol–water partition coefficient (Wildman–Crippen LogP) is 2.09. The van der Waals surface area contributed by atoms with Crippen LogP contribution < -0.4 is 9.47 Å². The molecule has 4 rings (SSSR count). The third-order valence-electron chi connectivity index (χ3n) is 4.56. The average molecular weight is 398 g/mol. The van der Waals surface area contributed by atoms with Crippen LogP contribution in [0.15, 0.2) is 41.3 Å². The van der Waals surface area contributed by atoms with E-state index in [-0.39, 0.29) is 33.6 Å². The maximum absolute atomic E-state index is 12.7. The van der Waals surface area contributed by atoms with Gasteiger partial charge in [0.05, 0.1) is 29.9 Å². The standard InChI is InChI=1S/C19H14N2O6S/c1-26-16-8-11(10-20)2-7-15(16)27-19(23)12-3-6-14-17(9-12)28(24,25)21(18(14)22)13-4-5-13/h2-3,6-9,13H,4-5H2,1H3. The fourth-order valence-electron chi connectivity index (χ4n) is 3.02. The highest BCUT2D eigenvalue weighted by Gasteiger charge is 2.48. The van der Waals surface area contributed by atoms with E-state index in [2.05, 4.69) is 0 Å². The van der Waals surface area contributed by atoms with Gasteiger partial charge in [0, 0.05) is 12.1 Å². The Morgan fingerprint density at radius 2 is 1.93 bits per heavy atom. The zero-order valence-corrected chi connectivity index (χ0v) is 15.5. The first-order valence-electron chi connectivity index (χ1n) is 8.40. The third-order valence-corrected chi connectivity index (χ3v) is 6.43. The maximum atomic E-state index is 12.7. The molecule has 2 aromatic carbocycles. The molecule has 0 atom stereocenters. The molecule has 0 unspecified atom stereocenters. The first kappa shape index (κ1) is 18.0. The highest BCUT2D eigenvalue weighted by atomic mass is 32.2. The number of nitriles is 1. The zero-order chi connectivity index (χ0) is 20.1. The fraction of sp³-hybridized carbons (Fsp3) is 0.211. The Balaban J connectivity index is 1.66. The monoisotopic (exact) mass is 398 g/mol. The van der Waals surface area contributed by atoms with Gasteiger partial charge in [-0.15, -0.1) is 0 Å².